The van der Waals surface area contributed by atoms with Gasteiger partial charge >= 0.3 is 5.97 Å². The van der Waals surface area contributed by atoms with Crippen LogP contribution in [0.3, 0.4) is 0 Å². The number of carbonyl (C=O) groups is 1. The Morgan fingerprint density at radius 3 is 2.67 bits per heavy atom. The Bertz CT molecular complexity index is 422. The van der Waals surface area contributed by atoms with Crippen LogP contribution < -0.4 is 5.32 Å². The van der Waals surface area contributed by atoms with E-state index in [-0.39, 0.29) is 11.5 Å². The van der Waals surface area contributed by atoms with Gasteiger partial charge in [0.15, 0.2) is 0 Å². The maximum atomic E-state index is 11.7. The fourth-order valence-corrected chi connectivity index (χ4v) is 2.62. The predicted octanol–water partition coefficient (Wildman–Crippen LogP) is 2.90. The second-order valence-corrected chi connectivity index (χ2v) is 5.27. The van der Waals surface area contributed by atoms with E-state index in [0.717, 1.165) is 12.1 Å². The molecular formula is C15H21NO2. The summed E-state index contributed by atoms with van der Waals surface area (Å²) >= 11 is 0. The number of methoxy groups -OCH3 is 1. The van der Waals surface area contributed by atoms with Gasteiger partial charge in [0, 0.05) is 12.1 Å². The molecule has 0 aromatic heterocycles. The summed E-state index contributed by atoms with van der Waals surface area (Å²) in [5, 5.41) is 3.59. The molecule has 0 bridgehead atoms. The third-order valence-corrected chi connectivity index (χ3v) is 3.84. The summed E-state index contributed by atoms with van der Waals surface area (Å²) in [6, 6.07) is 7.63. The van der Waals surface area contributed by atoms with E-state index in [1.165, 1.54) is 32.8 Å². The Labute approximate surface area is 109 Å². The Morgan fingerprint density at radius 1 is 1.33 bits per heavy atom. The van der Waals surface area contributed by atoms with Crippen LogP contribution in [-0.4, -0.2) is 18.6 Å². The first kappa shape index (κ1) is 13.1. The molecular weight excluding hydrogens is 226 g/mol. The summed E-state index contributed by atoms with van der Waals surface area (Å²) in [5.74, 6) is -0.260. The van der Waals surface area contributed by atoms with Crippen molar-refractivity contribution in [1.29, 1.82) is 0 Å². The molecule has 0 saturated heterocycles. The number of nitrogens with one attached hydrogen (secondary N) is 1. The highest BCUT2D eigenvalue weighted by Gasteiger charge is 2.28. The Morgan fingerprint density at radius 2 is 2.00 bits per heavy atom. The Hall–Kier alpha value is -1.35. The van der Waals surface area contributed by atoms with E-state index < -0.39 is 0 Å². The number of carbonyl (C=O) groups excluding carboxylic acids is 1. The zero-order chi connectivity index (χ0) is 13.0. The Balaban J connectivity index is 2.07. The molecule has 1 aromatic rings. The average Bonchev–Trinajstić information content (AvgIpc) is 2.83. The lowest BCUT2D eigenvalue weighted by Gasteiger charge is -2.25. The number of benzene rings is 1. The van der Waals surface area contributed by atoms with Gasteiger partial charge in [-0.1, -0.05) is 31.0 Å². The lowest BCUT2D eigenvalue weighted by atomic mass is 9.99. The molecule has 1 saturated carbocycles. The normalized spacial score (nSPS) is 17.7. The first-order chi connectivity index (χ1) is 8.64. The van der Waals surface area contributed by atoms with E-state index >= 15 is 0 Å². The highest BCUT2D eigenvalue weighted by atomic mass is 16.5. The number of rotatable bonds is 4. The monoisotopic (exact) mass is 247 g/mol. The maximum absolute atomic E-state index is 11.7. The highest BCUT2D eigenvalue weighted by Crippen LogP contribution is 2.29. The lowest BCUT2D eigenvalue weighted by molar-refractivity contribution is 0.0599. The second-order valence-electron chi connectivity index (χ2n) is 5.27. The van der Waals surface area contributed by atoms with Crippen LogP contribution in [0.4, 0.5) is 0 Å². The van der Waals surface area contributed by atoms with Crippen molar-refractivity contribution in [1.82, 2.24) is 5.32 Å². The summed E-state index contributed by atoms with van der Waals surface area (Å²) in [6.45, 7) is 2.99. The molecule has 98 valence electrons. The van der Waals surface area contributed by atoms with E-state index in [4.69, 9.17) is 4.74 Å². The van der Waals surface area contributed by atoms with Crippen molar-refractivity contribution >= 4 is 5.97 Å². The van der Waals surface area contributed by atoms with E-state index in [0.29, 0.717) is 5.56 Å². The van der Waals surface area contributed by atoms with Gasteiger partial charge in [-0.2, -0.15) is 0 Å². The minimum absolute atomic E-state index is 0.225. The van der Waals surface area contributed by atoms with Crippen molar-refractivity contribution in [3.8, 4) is 0 Å². The number of hydrogen-bond donors (Lipinski definition) is 1. The lowest BCUT2D eigenvalue weighted by Crippen LogP contribution is -2.39. The fourth-order valence-electron chi connectivity index (χ4n) is 2.62. The third-order valence-electron chi connectivity index (χ3n) is 3.84. The molecule has 2 rings (SSSR count). The zero-order valence-electron chi connectivity index (χ0n) is 11.2. The summed E-state index contributed by atoms with van der Waals surface area (Å²) in [7, 11) is 1.42. The minimum Gasteiger partial charge on any atom is -0.465 e. The number of hydrogen-bond acceptors (Lipinski definition) is 3. The van der Waals surface area contributed by atoms with Crippen molar-refractivity contribution in [3.63, 3.8) is 0 Å². The molecule has 3 nitrogen and oxygen atoms in total. The minimum atomic E-state index is -0.260. The first-order valence-electron chi connectivity index (χ1n) is 6.56. The van der Waals surface area contributed by atoms with Crippen LogP contribution >= 0.6 is 0 Å². The van der Waals surface area contributed by atoms with Gasteiger partial charge in [0.05, 0.1) is 12.7 Å². The van der Waals surface area contributed by atoms with Gasteiger partial charge in [0.25, 0.3) is 0 Å². The predicted molar refractivity (Wildman–Crippen MR) is 71.5 cm³/mol. The molecule has 1 N–H and O–H groups in total. The maximum Gasteiger partial charge on any atom is 0.338 e. The third kappa shape index (κ3) is 2.91. The quantitative estimate of drug-likeness (QED) is 0.831. The zero-order valence-corrected chi connectivity index (χ0v) is 11.2. The van der Waals surface area contributed by atoms with Crippen LogP contribution in [0.1, 0.15) is 48.5 Å². The molecule has 1 aromatic carbocycles. The van der Waals surface area contributed by atoms with Gasteiger partial charge in [-0.05, 0) is 31.4 Å². The molecule has 0 radical (unpaired) electrons. The van der Waals surface area contributed by atoms with E-state index in [2.05, 4.69) is 12.2 Å². The molecule has 1 fully saturated rings. The van der Waals surface area contributed by atoms with E-state index in [1.807, 2.05) is 24.3 Å². The van der Waals surface area contributed by atoms with Crippen LogP contribution in [0.15, 0.2) is 24.3 Å². The largest absolute Gasteiger partial charge is 0.465 e. The smallest absolute Gasteiger partial charge is 0.338 e. The van der Waals surface area contributed by atoms with Gasteiger partial charge in [-0.15, -0.1) is 0 Å². The van der Waals surface area contributed by atoms with Crippen molar-refractivity contribution in [2.75, 3.05) is 7.11 Å². The second kappa shape index (κ2) is 5.53. The van der Waals surface area contributed by atoms with Crippen molar-refractivity contribution in [2.24, 2.45) is 0 Å². The molecule has 0 heterocycles. The molecule has 0 spiro atoms. The molecule has 1 aliphatic carbocycles. The van der Waals surface area contributed by atoms with Gasteiger partial charge in [-0.3, -0.25) is 0 Å². The molecule has 3 heteroatoms. The van der Waals surface area contributed by atoms with Crippen molar-refractivity contribution in [3.05, 3.63) is 35.4 Å². The van der Waals surface area contributed by atoms with Crippen molar-refractivity contribution in [2.45, 2.75) is 44.7 Å². The van der Waals surface area contributed by atoms with Gasteiger partial charge in [0.2, 0.25) is 0 Å². The molecule has 0 unspecified atom stereocenters. The van der Waals surface area contributed by atoms with E-state index in [9.17, 15) is 4.79 Å². The van der Waals surface area contributed by atoms with Crippen LogP contribution in [0.5, 0.6) is 0 Å². The average molecular weight is 247 g/mol. The van der Waals surface area contributed by atoms with E-state index in [1.54, 1.807) is 0 Å². The topological polar surface area (TPSA) is 38.3 Å². The fraction of sp³-hybridized carbons (Fsp3) is 0.533. The van der Waals surface area contributed by atoms with Crippen LogP contribution in [0.2, 0.25) is 0 Å². The molecule has 0 aliphatic heterocycles. The molecule has 0 atom stereocenters. The van der Waals surface area contributed by atoms with Crippen LogP contribution in [-0.2, 0) is 11.3 Å². The SMILES string of the molecule is COC(=O)c1ccccc1CNC1(C)CCCC1. The molecule has 18 heavy (non-hydrogen) atoms. The first-order valence-corrected chi connectivity index (χ1v) is 6.56. The van der Waals surface area contributed by atoms with Crippen molar-refractivity contribution < 1.29 is 9.53 Å². The van der Waals surface area contributed by atoms with Gasteiger partial charge in [0.1, 0.15) is 0 Å². The molecule has 0 amide bonds. The number of esters is 1. The standard InChI is InChI=1S/C15H21NO2/c1-15(9-5-6-10-15)16-11-12-7-3-4-8-13(12)14(17)18-2/h3-4,7-8,16H,5-6,9-11H2,1-2H3. The van der Waals surface area contributed by atoms with Gasteiger partial charge < -0.3 is 10.1 Å². The van der Waals surface area contributed by atoms with Gasteiger partial charge in [-0.25, -0.2) is 4.79 Å². The van der Waals surface area contributed by atoms with Crippen LogP contribution in [0.25, 0.3) is 0 Å². The summed E-state index contributed by atoms with van der Waals surface area (Å²) in [4.78, 5) is 11.7. The van der Waals surface area contributed by atoms with Crippen LogP contribution in [0, 0.1) is 0 Å². The summed E-state index contributed by atoms with van der Waals surface area (Å²) in [5.41, 5.74) is 1.90. The molecule has 1 aliphatic rings. The number of ether oxygens (including phenoxy) is 1. The highest BCUT2D eigenvalue weighted by molar-refractivity contribution is 5.90. The summed E-state index contributed by atoms with van der Waals surface area (Å²) in [6.07, 6.45) is 5.02. The Kier molecular flexibility index (Phi) is 4.02. The summed E-state index contributed by atoms with van der Waals surface area (Å²) < 4.78 is 4.81.